The van der Waals surface area contributed by atoms with Gasteiger partial charge in [-0.2, -0.15) is 0 Å². The molecule has 1 aromatic heterocycles. The topological polar surface area (TPSA) is 59.1 Å². The highest BCUT2D eigenvalue weighted by atomic mass is 35.5. The zero-order chi connectivity index (χ0) is 26.4. The number of halogens is 1. The van der Waals surface area contributed by atoms with E-state index >= 15 is 0 Å². The molecule has 2 heterocycles. The summed E-state index contributed by atoms with van der Waals surface area (Å²) in [5, 5.41) is 2.71. The van der Waals surface area contributed by atoms with Gasteiger partial charge in [-0.15, -0.1) is 11.3 Å². The molecule has 0 saturated carbocycles. The highest BCUT2D eigenvalue weighted by Crippen LogP contribution is 2.34. The maximum absolute atomic E-state index is 13.8. The molecule has 8 heteroatoms. The molecule has 1 aliphatic heterocycles. The van der Waals surface area contributed by atoms with Gasteiger partial charge in [0.25, 0.3) is 5.91 Å². The fourth-order valence-corrected chi connectivity index (χ4v) is 5.53. The zero-order valence-corrected chi connectivity index (χ0v) is 23.1. The Morgan fingerprint density at radius 1 is 1.11 bits per heavy atom. The smallest absolute Gasteiger partial charge is 0.254 e. The highest BCUT2D eigenvalue weighted by Gasteiger charge is 2.34. The van der Waals surface area contributed by atoms with Crippen molar-refractivity contribution in [1.82, 2.24) is 9.80 Å². The molecule has 0 aliphatic carbocycles. The van der Waals surface area contributed by atoms with Crippen LogP contribution in [0, 0.1) is 5.92 Å². The highest BCUT2D eigenvalue weighted by molar-refractivity contribution is 7.10. The maximum atomic E-state index is 13.8. The summed E-state index contributed by atoms with van der Waals surface area (Å²) < 4.78 is 11.3. The van der Waals surface area contributed by atoms with E-state index in [1.54, 1.807) is 59.7 Å². The Labute approximate surface area is 227 Å². The van der Waals surface area contributed by atoms with Crippen molar-refractivity contribution in [2.24, 2.45) is 5.92 Å². The summed E-state index contributed by atoms with van der Waals surface area (Å²) in [6.07, 6.45) is 1.72. The fourth-order valence-electron chi connectivity index (χ4n) is 4.48. The van der Waals surface area contributed by atoms with Crippen molar-refractivity contribution in [3.05, 3.63) is 81.0 Å². The summed E-state index contributed by atoms with van der Waals surface area (Å²) in [5.41, 5.74) is 1.66. The quantitative estimate of drug-likeness (QED) is 0.311. The second-order valence-corrected chi connectivity index (χ2v) is 10.8. The van der Waals surface area contributed by atoms with E-state index in [-0.39, 0.29) is 30.3 Å². The molecule has 0 spiro atoms. The van der Waals surface area contributed by atoms with Gasteiger partial charge in [0.1, 0.15) is 24.7 Å². The van der Waals surface area contributed by atoms with E-state index in [2.05, 4.69) is 25.3 Å². The van der Waals surface area contributed by atoms with Crippen LogP contribution in [-0.4, -0.2) is 55.0 Å². The number of methoxy groups -OCH3 is 1. The van der Waals surface area contributed by atoms with E-state index in [0.717, 1.165) is 18.4 Å². The number of ether oxygens (including phenoxy) is 2. The van der Waals surface area contributed by atoms with E-state index < -0.39 is 0 Å². The molecule has 0 unspecified atom stereocenters. The predicted molar refractivity (Wildman–Crippen MR) is 148 cm³/mol. The zero-order valence-electron chi connectivity index (χ0n) is 21.5. The van der Waals surface area contributed by atoms with Crippen molar-refractivity contribution < 1.29 is 19.1 Å². The van der Waals surface area contributed by atoms with Crippen LogP contribution in [0.5, 0.6) is 11.5 Å². The molecular formula is C29H33ClN2O4S. The second kappa shape index (κ2) is 12.5. The Hall–Kier alpha value is -3.03. The molecular weight excluding hydrogens is 508 g/mol. The standard InChI is InChI=1S/C29H33ClN2O4S/c1-4-20(2)17-31(29(34)21-5-9-23(35-3)10-6-21)18-28(33)32-15-13-27-25(14-16-37-27)26(32)19-36-24-11-7-22(30)8-12-24/h5-12,14,16,20,26H,4,13,15,17-19H2,1-3H3/t20-,26-/m0/s1. The minimum Gasteiger partial charge on any atom is -0.497 e. The van der Waals surface area contributed by atoms with Crippen LogP contribution in [0.3, 0.4) is 0 Å². The van der Waals surface area contributed by atoms with E-state index in [9.17, 15) is 9.59 Å². The van der Waals surface area contributed by atoms with E-state index in [1.807, 2.05) is 17.0 Å². The van der Waals surface area contributed by atoms with Crippen LogP contribution in [0.1, 0.15) is 47.1 Å². The lowest BCUT2D eigenvalue weighted by Gasteiger charge is -2.37. The number of amides is 2. The molecule has 0 bridgehead atoms. The first-order chi connectivity index (χ1) is 17.9. The molecule has 1 aliphatic rings. The molecule has 0 N–H and O–H groups in total. The monoisotopic (exact) mass is 540 g/mol. The Morgan fingerprint density at radius 2 is 1.81 bits per heavy atom. The molecule has 0 saturated heterocycles. The fraction of sp³-hybridized carbons (Fsp3) is 0.379. The minimum absolute atomic E-state index is 0.0200. The third-order valence-corrected chi connectivity index (χ3v) is 8.06. The van der Waals surface area contributed by atoms with Crippen molar-refractivity contribution in [2.75, 3.05) is 33.4 Å². The number of hydrogen-bond donors (Lipinski definition) is 0. The molecule has 2 amide bonds. The van der Waals surface area contributed by atoms with Crippen LogP contribution < -0.4 is 9.47 Å². The Bertz CT molecular complexity index is 1200. The Morgan fingerprint density at radius 3 is 2.49 bits per heavy atom. The van der Waals surface area contributed by atoms with Crippen molar-refractivity contribution in [3.8, 4) is 11.5 Å². The summed E-state index contributed by atoms with van der Waals surface area (Å²) in [5.74, 6) is 1.42. The second-order valence-electron chi connectivity index (χ2n) is 9.34. The molecule has 2 atom stereocenters. The number of benzene rings is 2. The van der Waals surface area contributed by atoms with Crippen LogP contribution in [0.2, 0.25) is 5.02 Å². The normalized spacial score (nSPS) is 15.6. The van der Waals surface area contributed by atoms with E-state index in [0.29, 0.717) is 41.8 Å². The number of rotatable bonds is 10. The number of carbonyl (C=O) groups excluding carboxylic acids is 2. The summed E-state index contributed by atoms with van der Waals surface area (Å²) in [7, 11) is 1.59. The van der Waals surface area contributed by atoms with Gasteiger partial charge in [0.05, 0.1) is 13.2 Å². The predicted octanol–water partition coefficient (Wildman–Crippen LogP) is 6.10. The van der Waals surface area contributed by atoms with Gasteiger partial charge in [0, 0.05) is 28.6 Å². The van der Waals surface area contributed by atoms with Gasteiger partial charge < -0.3 is 19.3 Å². The lowest BCUT2D eigenvalue weighted by atomic mass is 10.00. The first-order valence-corrected chi connectivity index (χ1v) is 13.8. The summed E-state index contributed by atoms with van der Waals surface area (Å²) in [6, 6.07) is 16.1. The summed E-state index contributed by atoms with van der Waals surface area (Å²) in [6.45, 7) is 5.64. The largest absolute Gasteiger partial charge is 0.497 e. The van der Waals surface area contributed by atoms with Gasteiger partial charge in [0.15, 0.2) is 0 Å². The molecule has 2 aromatic carbocycles. The number of carbonyl (C=O) groups is 2. The molecule has 196 valence electrons. The van der Waals surface area contributed by atoms with Crippen LogP contribution in [0.25, 0.3) is 0 Å². The number of thiophene rings is 1. The number of nitrogens with zero attached hydrogens (tertiary/aromatic N) is 2. The van der Waals surface area contributed by atoms with Crippen LogP contribution in [0.4, 0.5) is 0 Å². The lowest BCUT2D eigenvalue weighted by molar-refractivity contribution is -0.135. The first-order valence-electron chi connectivity index (χ1n) is 12.6. The van der Waals surface area contributed by atoms with Gasteiger partial charge in [-0.3, -0.25) is 9.59 Å². The third kappa shape index (κ3) is 6.65. The molecule has 37 heavy (non-hydrogen) atoms. The maximum Gasteiger partial charge on any atom is 0.254 e. The third-order valence-electron chi connectivity index (χ3n) is 6.82. The van der Waals surface area contributed by atoms with Gasteiger partial charge in [-0.05, 0) is 77.9 Å². The van der Waals surface area contributed by atoms with Gasteiger partial charge in [0.2, 0.25) is 5.91 Å². The van der Waals surface area contributed by atoms with Crippen LogP contribution in [-0.2, 0) is 11.2 Å². The molecule has 3 aromatic rings. The van der Waals surface area contributed by atoms with Gasteiger partial charge >= 0.3 is 0 Å². The van der Waals surface area contributed by atoms with Gasteiger partial charge in [-0.1, -0.05) is 31.9 Å². The average Bonchev–Trinajstić information content (AvgIpc) is 3.41. The molecule has 4 rings (SSSR count). The average molecular weight is 541 g/mol. The van der Waals surface area contributed by atoms with E-state index in [4.69, 9.17) is 21.1 Å². The van der Waals surface area contributed by atoms with E-state index in [1.165, 1.54) is 4.88 Å². The van der Waals surface area contributed by atoms with Crippen molar-refractivity contribution >= 4 is 34.8 Å². The molecule has 0 radical (unpaired) electrons. The Balaban J connectivity index is 1.53. The summed E-state index contributed by atoms with van der Waals surface area (Å²) >= 11 is 7.72. The van der Waals surface area contributed by atoms with Crippen LogP contribution in [0.15, 0.2) is 60.0 Å². The van der Waals surface area contributed by atoms with Crippen molar-refractivity contribution in [1.29, 1.82) is 0 Å². The van der Waals surface area contributed by atoms with Crippen molar-refractivity contribution in [2.45, 2.75) is 32.7 Å². The first kappa shape index (κ1) is 27.0. The lowest BCUT2D eigenvalue weighted by Crippen LogP contribution is -2.48. The van der Waals surface area contributed by atoms with Crippen molar-refractivity contribution in [3.63, 3.8) is 0 Å². The minimum atomic E-state index is -0.222. The molecule has 6 nitrogen and oxygen atoms in total. The Kier molecular flexibility index (Phi) is 9.11. The number of fused-ring (bicyclic) bond motifs is 1. The van der Waals surface area contributed by atoms with Crippen LogP contribution >= 0.6 is 22.9 Å². The molecule has 0 fully saturated rings. The summed E-state index contributed by atoms with van der Waals surface area (Å²) in [4.78, 5) is 32.1. The van der Waals surface area contributed by atoms with Gasteiger partial charge in [-0.25, -0.2) is 0 Å². The SMILES string of the molecule is CC[C@H](C)CN(CC(=O)N1CCc2sccc2[C@@H]1COc1ccc(Cl)cc1)C(=O)c1ccc(OC)cc1. The number of hydrogen-bond acceptors (Lipinski definition) is 5.